The summed E-state index contributed by atoms with van der Waals surface area (Å²) >= 11 is 0. The monoisotopic (exact) mass is 526 g/mol. The third-order valence-corrected chi connectivity index (χ3v) is 6.70. The predicted molar refractivity (Wildman–Crippen MR) is 127 cm³/mol. The Hall–Kier alpha value is -1.69. The summed E-state index contributed by atoms with van der Waals surface area (Å²) in [6, 6.07) is 0. The van der Waals surface area contributed by atoms with Crippen molar-refractivity contribution >= 4 is 41.4 Å². The lowest BCUT2D eigenvalue weighted by atomic mass is 9.87. The van der Waals surface area contributed by atoms with Crippen LogP contribution in [0.25, 0.3) is 5.65 Å². The molecule has 5 rings (SSSR count). The fraction of sp³-hybridized carbons (Fsp3) is 0.700. The van der Waals surface area contributed by atoms with E-state index in [-0.39, 0.29) is 24.0 Å². The van der Waals surface area contributed by atoms with Gasteiger partial charge in [0.15, 0.2) is 11.8 Å². The minimum absolute atomic E-state index is 0. The maximum Gasteiger partial charge on any atom is 0.203 e. The molecule has 0 bridgehead atoms. The van der Waals surface area contributed by atoms with E-state index in [0.717, 1.165) is 69.8 Å². The fourth-order valence-electron chi connectivity index (χ4n) is 5.05. The van der Waals surface area contributed by atoms with Gasteiger partial charge in [0.1, 0.15) is 6.33 Å². The molecule has 3 aliphatic rings. The van der Waals surface area contributed by atoms with Gasteiger partial charge in [0.05, 0.1) is 6.61 Å². The van der Waals surface area contributed by atoms with Crippen molar-refractivity contribution in [3.05, 3.63) is 18.7 Å². The number of fused-ring (bicyclic) bond motifs is 1. The van der Waals surface area contributed by atoms with Crippen molar-refractivity contribution in [1.82, 2.24) is 29.8 Å². The van der Waals surface area contributed by atoms with E-state index >= 15 is 0 Å². The maximum absolute atomic E-state index is 5.67. The molecule has 0 aromatic carbocycles. The standard InChI is InChI=1S/C20H30N8O.HI/c1-21-19(27-8-4-20(13-27)5-10-29-14-20)23-11-16-3-2-7-26(12-16)17-18-25-24-15-28(18)9-6-22-17;/h6,9,15-16H,2-5,7-8,10-14H2,1H3,(H,21,23);1H. The first-order valence-electron chi connectivity index (χ1n) is 10.7. The van der Waals surface area contributed by atoms with Gasteiger partial charge in [-0.05, 0) is 31.6 Å². The Morgan fingerprint density at radius 1 is 1.37 bits per heavy atom. The van der Waals surface area contributed by atoms with Gasteiger partial charge >= 0.3 is 0 Å². The molecule has 10 heteroatoms. The summed E-state index contributed by atoms with van der Waals surface area (Å²) < 4.78 is 7.60. The highest BCUT2D eigenvalue weighted by Crippen LogP contribution is 2.38. The Kier molecular flexibility index (Phi) is 6.61. The smallest absolute Gasteiger partial charge is 0.203 e. The number of nitrogens with one attached hydrogen (secondary N) is 1. The molecule has 2 atom stereocenters. The van der Waals surface area contributed by atoms with Crippen molar-refractivity contribution in [2.45, 2.75) is 25.7 Å². The Balaban J connectivity index is 0.00000218. The van der Waals surface area contributed by atoms with E-state index in [9.17, 15) is 0 Å². The summed E-state index contributed by atoms with van der Waals surface area (Å²) in [6.07, 6.45) is 10.2. The number of hydrogen-bond donors (Lipinski definition) is 1. The Bertz CT molecular complexity index is 881. The number of nitrogens with zero attached hydrogens (tertiary/aromatic N) is 7. The number of likely N-dealkylation sites (tertiary alicyclic amines) is 1. The summed E-state index contributed by atoms with van der Waals surface area (Å²) in [6.45, 7) is 6.85. The number of rotatable bonds is 3. The van der Waals surface area contributed by atoms with Gasteiger partial charge in [-0.25, -0.2) is 4.98 Å². The first kappa shape index (κ1) is 21.5. The third kappa shape index (κ3) is 4.20. The summed E-state index contributed by atoms with van der Waals surface area (Å²) in [4.78, 5) is 13.9. The van der Waals surface area contributed by atoms with Gasteiger partial charge in [0.2, 0.25) is 5.65 Å². The average molecular weight is 526 g/mol. The predicted octanol–water partition coefficient (Wildman–Crippen LogP) is 1.65. The Labute approximate surface area is 194 Å². The van der Waals surface area contributed by atoms with Gasteiger partial charge in [0.25, 0.3) is 0 Å². The summed E-state index contributed by atoms with van der Waals surface area (Å²) in [5.41, 5.74) is 1.18. The highest BCUT2D eigenvalue weighted by molar-refractivity contribution is 14.0. The third-order valence-electron chi connectivity index (χ3n) is 6.70. The second-order valence-electron chi connectivity index (χ2n) is 8.67. The molecule has 0 aliphatic carbocycles. The number of halogens is 1. The lowest BCUT2D eigenvalue weighted by Gasteiger charge is -2.34. The minimum atomic E-state index is 0. The summed E-state index contributed by atoms with van der Waals surface area (Å²) in [5, 5.41) is 11.9. The first-order valence-corrected chi connectivity index (χ1v) is 10.7. The second-order valence-corrected chi connectivity index (χ2v) is 8.67. The molecule has 1 N–H and O–H groups in total. The van der Waals surface area contributed by atoms with Crippen LogP contribution >= 0.6 is 24.0 Å². The van der Waals surface area contributed by atoms with Crippen LogP contribution in [0.15, 0.2) is 23.7 Å². The van der Waals surface area contributed by atoms with E-state index in [1.165, 1.54) is 19.3 Å². The van der Waals surface area contributed by atoms with Crippen LogP contribution in [0.3, 0.4) is 0 Å². The van der Waals surface area contributed by atoms with Crippen molar-refractivity contribution < 1.29 is 4.74 Å². The van der Waals surface area contributed by atoms with E-state index in [2.05, 4.69) is 35.3 Å². The molecule has 2 aromatic rings. The molecule has 164 valence electrons. The largest absolute Gasteiger partial charge is 0.381 e. The number of anilines is 1. The van der Waals surface area contributed by atoms with Gasteiger partial charge < -0.3 is 19.9 Å². The normalized spacial score (nSPS) is 27.1. The topological polar surface area (TPSA) is 83.2 Å². The molecule has 3 aliphatic heterocycles. The van der Waals surface area contributed by atoms with Crippen molar-refractivity contribution in [3.8, 4) is 0 Å². The van der Waals surface area contributed by atoms with Crippen LogP contribution < -0.4 is 10.2 Å². The van der Waals surface area contributed by atoms with Crippen molar-refractivity contribution in [2.24, 2.45) is 16.3 Å². The number of aliphatic imine (C=N–C) groups is 1. The van der Waals surface area contributed by atoms with Crippen LogP contribution in [-0.4, -0.2) is 83.4 Å². The van der Waals surface area contributed by atoms with Crippen molar-refractivity contribution in [2.75, 3.05) is 57.9 Å². The van der Waals surface area contributed by atoms with Gasteiger partial charge in [0, 0.05) is 64.2 Å². The van der Waals surface area contributed by atoms with Crippen molar-refractivity contribution in [1.29, 1.82) is 0 Å². The van der Waals surface area contributed by atoms with Gasteiger partial charge in [-0.2, -0.15) is 0 Å². The molecule has 1 spiro atoms. The van der Waals surface area contributed by atoms with Crippen LogP contribution in [0.5, 0.6) is 0 Å². The van der Waals surface area contributed by atoms with Gasteiger partial charge in [-0.3, -0.25) is 9.39 Å². The first-order chi connectivity index (χ1) is 14.3. The molecule has 5 heterocycles. The maximum atomic E-state index is 5.67. The lowest BCUT2D eigenvalue weighted by Crippen LogP contribution is -2.46. The van der Waals surface area contributed by atoms with Crippen LogP contribution in [0, 0.1) is 11.3 Å². The van der Waals surface area contributed by atoms with E-state index in [0.29, 0.717) is 11.3 Å². The van der Waals surface area contributed by atoms with E-state index < -0.39 is 0 Å². The quantitative estimate of drug-likeness (QED) is 0.370. The fourth-order valence-corrected chi connectivity index (χ4v) is 5.05. The summed E-state index contributed by atoms with van der Waals surface area (Å²) in [7, 11) is 1.89. The minimum Gasteiger partial charge on any atom is -0.381 e. The van der Waals surface area contributed by atoms with Crippen LogP contribution in [0.2, 0.25) is 0 Å². The number of ether oxygens (including phenoxy) is 1. The summed E-state index contributed by atoms with van der Waals surface area (Å²) in [5.74, 6) is 2.52. The molecule has 2 aromatic heterocycles. The zero-order valence-corrected chi connectivity index (χ0v) is 19.9. The molecule has 0 amide bonds. The number of guanidine groups is 1. The van der Waals surface area contributed by atoms with E-state index in [1.54, 1.807) is 6.33 Å². The molecule has 3 fully saturated rings. The molecule has 3 saturated heterocycles. The molecule has 9 nitrogen and oxygen atoms in total. The number of piperidine rings is 1. The van der Waals surface area contributed by atoms with E-state index in [1.807, 2.05) is 23.8 Å². The molecular formula is C20H31IN8O. The highest BCUT2D eigenvalue weighted by atomic mass is 127. The Morgan fingerprint density at radius 3 is 3.13 bits per heavy atom. The second kappa shape index (κ2) is 9.21. The molecule has 0 radical (unpaired) electrons. The Morgan fingerprint density at radius 2 is 2.30 bits per heavy atom. The highest BCUT2D eigenvalue weighted by Gasteiger charge is 2.42. The number of aromatic nitrogens is 4. The van der Waals surface area contributed by atoms with Crippen LogP contribution in [-0.2, 0) is 4.74 Å². The molecular weight excluding hydrogens is 495 g/mol. The van der Waals surface area contributed by atoms with Crippen LogP contribution in [0.1, 0.15) is 25.7 Å². The zero-order chi connectivity index (χ0) is 19.7. The van der Waals surface area contributed by atoms with Crippen LogP contribution in [0.4, 0.5) is 5.82 Å². The molecule has 2 unspecified atom stereocenters. The zero-order valence-electron chi connectivity index (χ0n) is 17.5. The SMILES string of the molecule is CN=C(NCC1CCCN(c2nccn3cnnc23)C1)N1CCC2(CCOC2)C1.I. The lowest BCUT2D eigenvalue weighted by molar-refractivity contribution is 0.156. The van der Waals surface area contributed by atoms with Gasteiger partial charge in [-0.1, -0.05) is 0 Å². The average Bonchev–Trinajstić information content (AvgIpc) is 3.51. The van der Waals surface area contributed by atoms with Crippen molar-refractivity contribution in [3.63, 3.8) is 0 Å². The molecule has 30 heavy (non-hydrogen) atoms. The molecule has 0 saturated carbocycles. The van der Waals surface area contributed by atoms with Gasteiger partial charge in [-0.15, -0.1) is 34.2 Å². The number of hydrogen-bond acceptors (Lipinski definition) is 6. The van der Waals surface area contributed by atoms with E-state index in [4.69, 9.17) is 4.74 Å².